The summed E-state index contributed by atoms with van der Waals surface area (Å²) in [7, 11) is -3.72. The molecule has 1 amide bonds. The number of amides is 1. The molecule has 0 atom stereocenters. The summed E-state index contributed by atoms with van der Waals surface area (Å²) in [5, 5.41) is 2.79. The van der Waals surface area contributed by atoms with Crippen molar-refractivity contribution in [3.05, 3.63) is 45.7 Å². The molecule has 124 valence electrons. The normalized spacial score (nSPS) is 11.5. The molecule has 0 bridgehead atoms. The van der Waals surface area contributed by atoms with Crippen LogP contribution < -0.4 is 10.0 Å². The van der Waals surface area contributed by atoms with Crippen LogP contribution in [0.4, 0.5) is 5.69 Å². The van der Waals surface area contributed by atoms with Crippen molar-refractivity contribution in [1.29, 1.82) is 0 Å². The monoisotopic (exact) mass is 416 g/mol. The van der Waals surface area contributed by atoms with Crippen LogP contribution in [-0.2, 0) is 10.0 Å². The number of hydrogen-bond acceptors (Lipinski definition) is 4. The van der Waals surface area contributed by atoms with Gasteiger partial charge in [0.2, 0.25) is 0 Å². The van der Waals surface area contributed by atoms with Gasteiger partial charge in [0.05, 0.1) is 15.0 Å². The quantitative estimate of drug-likeness (QED) is 0.753. The Kier molecular flexibility index (Phi) is 5.83. The molecule has 8 heteroatoms. The largest absolute Gasteiger partial charge is 0.352 e. The Morgan fingerprint density at radius 3 is 2.52 bits per heavy atom. The Bertz CT molecular complexity index is 801. The van der Waals surface area contributed by atoms with Gasteiger partial charge in [0.15, 0.2) is 0 Å². The maximum Gasteiger partial charge on any atom is 0.271 e. The van der Waals surface area contributed by atoms with E-state index >= 15 is 0 Å². The smallest absolute Gasteiger partial charge is 0.271 e. The zero-order chi connectivity index (χ0) is 17.0. The van der Waals surface area contributed by atoms with Crippen LogP contribution in [-0.4, -0.2) is 20.9 Å². The Morgan fingerprint density at radius 2 is 1.91 bits per heavy atom. The van der Waals surface area contributed by atoms with E-state index in [0.29, 0.717) is 18.0 Å². The molecule has 2 rings (SSSR count). The average Bonchev–Trinajstić information content (AvgIpc) is 2.92. The van der Waals surface area contributed by atoms with Gasteiger partial charge in [-0.15, -0.1) is 11.3 Å². The maximum atomic E-state index is 12.4. The van der Waals surface area contributed by atoms with Crippen LogP contribution in [0.15, 0.2) is 44.4 Å². The van der Waals surface area contributed by atoms with Crippen LogP contribution in [0.5, 0.6) is 0 Å². The molecule has 0 saturated heterocycles. The molecule has 0 unspecified atom stereocenters. The number of para-hydroxylation sites is 1. The molecule has 23 heavy (non-hydrogen) atoms. The number of nitrogens with one attached hydrogen (secondary N) is 2. The number of carbonyl (C=O) groups is 1. The summed E-state index contributed by atoms with van der Waals surface area (Å²) in [5.41, 5.74) is 0.561. The molecule has 5 nitrogen and oxygen atoms in total. The second kappa shape index (κ2) is 7.46. The minimum Gasteiger partial charge on any atom is -0.352 e. The summed E-state index contributed by atoms with van der Waals surface area (Å²) >= 11 is 4.35. The van der Waals surface area contributed by atoms with E-state index in [-0.39, 0.29) is 15.8 Å². The van der Waals surface area contributed by atoms with Gasteiger partial charge in [-0.25, -0.2) is 8.42 Å². The molecule has 0 aliphatic rings. The predicted molar refractivity (Wildman–Crippen MR) is 96.4 cm³/mol. The summed E-state index contributed by atoms with van der Waals surface area (Å²) < 4.78 is 28.2. The number of anilines is 1. The molecule has 1 heterocycles. The van der Waals surface area contributed by atoms with Gasteiger partial charge in [-0.2, -0.15) is 0 Å². The number of benzene rings is 1. The number of thiophene rings is 1. The molecule has 1 aromatic heterocycles. The van der Waals surface area contributed by atoms with Gasteiger partial charge in [0.25, 0.3) is 15.9 Å². The van der Waals surface area contributed by atoms with Crippen molar-refractivity contribution in [2.75, 3.05) is 11.3 Å². The third-order valence-corrected chi connectivity index (χ3v) is 6.38. The number of hydrogen-bond donors (Lipinski definition) is 2. The molecule has 0 spiro atoms. The highest BCUT2D eigenvalue weighted by molar-refractivity contribution is 9.11. The number of rotatable bonds is 6. The minimum absolute atomic E-state index is 0.182. The van der Waals surface area contributed by atoms with E-state index in [1.807, 2.05) is 13.8 Å². The zero-order valence-electron chi connectivity index (χ0n) is 12.7. The van der Waals surface area contributed by atoms with Crippen LogP contribution >= 0.6 is 27.3 Å². The first-order valence-corrected chi connectivity index (χ1v) is 10.0. The fourth-order valence-corrected chi connectivity index (χ4v) is 4.89. The van der Waals surface area contributed by atoms with Crippen molar-refractivity contribution in [2.24, 2.45) is 5.92 Å². The standard InChI is InChI=1S/C15H17BrN2O3S2/c1-10(2)9-17-15(19)11-5-3-4-6-12(11)18-23(20,21)14-8-7-13(16)22-14/h3-8,10,18H,9H2,1-2H3,(H,17,19). The number of carbonyl (C=O) groups excluding carboxylic acids is 1. The van der Waals surface area contributed by atoms with Gasteiger partial charge in [0.1, 0.15) is 4.21 Å². The average molecular weight is 417 g/mol. The molecule has 0 fully saturated rings. The van der Waals surface area contributed by atoms with Crippen LogP contribution in [0.25, 0.3) is 0 Å². The lowest BCUT2D eigenvalue weighted by atomic mass is 10.1. The zero-order valence-corrected chi connectivity index (χ0v) is 15.9. The predicted octanol–water partition coefficient (Wildman–Crippen LogP) is 3.70. The van der Waals surface area contributed by atoms with Crippen LogP contribution in [0, 0.1) is 5.92 Å². The lowest BCUT2D eigenvalue weighted by Crippen LogP contribution is -2.28. The summed E-state index contributed by atoms with van der Waals surface area (Å²) in [6, 6.07) is 9.73. The first-order chi connectivity index (χ1) is 10.8. The van der Waals surface area contributed by atoms with Gasteiger partial charge < -0.3 is 5.32 Å². The SMILES string of the molecule is CC(C)CNC(=O)c1ccccc1NS(=O)(=O)c1ccc(Br)s1. The van der Waals surface area contributed by atoms with Crippen molar-refractivity contribution in [2.45, 2.75) is 18.1 Å². The molecule has 0 aliphatic carbocycles. The number of sulfonamides is 1. The van der Waals surface area contributed by atoms with Crippen molar-refractivity contribution in [3.8, 4) is 0 Å². The van der Waals surface area contributed by atoms with Crippen molar-refractivity contribution in [3.63, 3.8) is 0 Å². The molecule has 2 N–H and O–H groups in total. The van der Waals surface area contributed by atoms with Gasteiger partial charge in [-0.05, 0) is 46.1 Å². The molecule has 1 aromatic carbocycles. The summed E-state index contributed by atoms with van der Waals surface area (Å²) in [4.78, 5) is 12.2. The molecular weight excluding hydrogens is 400 g/mol. The summed E-state index contributed by atoms with van der Waals surface area (Å²) in [6.07, 6.45) is 0. The topological polar surface area (TPSA) is 75.3 Å². The van der Waals surface area contributed by atoms with Crippen molar-refractivity contribution < 1.29 is 13.2 Å². The van der Waals surface area contributed by atoms with Gasteiger partial charge in [-0.1, -0.05) is 26.0 Å². The molecular formula is C15H17BrN2O3S2. The van der Waals surface area contributed by atoms with Crippen LogP contribution in [0.3, 0.4) is 0 Å². The van der Waals surface area contributed by atoms with E-state index < -0.39 is 10.0 Å². The van der Waals surface area contributed by atoms with Gasteiger partial charge in [-0.3, -0.25) is 9.52 Å². The second-order valence-electron chi connectivity index (χ2n) is 5.31. The van der Waals surface area contributed by atoms with E-state index in [9.17, 15) is 13.2 Å². The van der Waals surface area contributed by atoms with E-state index in [4.69, 9.17) is 0 Å². The molecule has 0 saturated carbocycles. The fraction of sp³-hybridized carbons (Fsp3) is 0.267. The molecule has 0 aliphatic heterocycles. The minimum atomic E-state index is -3.72. The Hall–Kier alpha value is -1.38. The lowest BCUT2D eigenvalue weighted by Gasteiger charge is -2.13. The van der Waals surface area contributed by atoms with E-state index in [2.05, 4.69) is 26.0 Å². The van der Waals surface area contributed by atoms with Gasteiger partial charge >= 0.3 is 0 Å². The number of halogens is 1. The van der Waals surface area contributed by atoms with Crippen LogP contribution in [0.1, 0.15) is 24.2 Å². The molecule has 0 radical (unpaired) electrons. The third kappa shape index (κ3) is 4.79. The molecule has 2 aromatic rings. The first kappa shape index (κ1) is 18.0. The Morgan fingerprint density at radius 1 is 1.22 bits per heavy atom. The Balaban J connectivity index is 2.25. The first-order valence-electron chi connectivity index (χ1n) is 6.95. The van der Waals surface area contributed by atoms with Crippen LogP contribution in [0.2, 0.25) is 0 Å². The third-order valence-electron chi connectivity index (χ3n) is 2.90. The fourth-order valence-electron chi connectivity index (χ4n) is 1.80. The van der Waals surface area contributed by atoms with Crippen molar-refractivity contribution in [1.82, 2.24) is 5.32 Å². The highest BCUT2D eigenvalue weighted by Gasteiger charge is 2.20. The highest BCUT2D eigenvalue weighted by Crippen LogP contribution is 2.28. The van der Waals surface area contributed by atoms with E-state index in [1.165, 1.54) is 6.07 Å². The Labute approximate surface area is 148 Å². The maximum absolute atomic E-state index is 12.4. The van der Waals surface area contributed by atoms with E-state index in [0.717, 1.165) is 15.1 Å². The van der Waals surface area contributed by atoms with Gasteiger partial charge in [0, 0.05) is 6.54 Å². The summed E-state index contributed by atoms with van der Waals surface area (Å²) in [6.45, 7) is 4.50. The summed E-state index contributed by atoms with van der Waals surface area (Å²) in [5.74, 6) is 0.00985. The highest BCUT2D eigenvalue weighted by atomic mass is 79.9. The lowest BCUT2D eigenvalue weighted by molar-refractivity contribution is 0.0950. The second-order valence-corrected chi connectivity index (χ2v) is 9.69. The van der Waals surface area contributed by atoms with E-state index in [1.54, 1.807) is 30.3 Å². The van der Waals surface area contributed by atoms with Crippen molar-refractivity contribution >= 4 is 48.9 Å².